The monoisotopic (exact) mass is 528 g/mol. The van der Waals surface area contributed by atoms with Crippen LogP contribution in [0.1, 0.15) is 48.0 Å². The number of carbonyl (C=O) groups is 3. The number of para-hydroxylation sites is 1. The summed E-state index contributed by atoms with van der Waals surface area (Å²) in [5.74, 6) is -0.475. The number of nitrogens with one attached hydrogen (secondary N) is 3. The number of rotatable bonds is 6. The third kappa shape index (κ3) is 4.35. The number of sulfonamides is 1. The number of methoxy groups -OCH3 is 1. The second-order valence-corrected chi connectivity index (χ2v) is 11.3. The van der Waals surface area contributed by atoms with Crippen molar-refractivity contribution in [2.24, 2.45) is 0 Å². The topological polar surface area (TPSA) is 154 Å². The predicted molar refractivity (Wildman–Crippen MR) is 134 cm³/mol. The maximum atomic E-state index is 13.4. The van der Waals surface area contributed by atoms with Gasteiger partial charge in [-0.2, -0.15) is 0 Å². The minimum Gasteiger partial charge on any atom is -0.495 e. The number of likely N-dealkylation sites (tertiary alicyclic amines) is 1. The van der Waals surface area contributed by atoms with Crippen LogP contribution in [0.15, 0.2) is 41.3 Å². The Balaban J connectivity index is 1.48. The fourth-order valence-electron chi connectivity index (χ4n) is 5.30. The van der Waals surface area contributed by atoms with Crippen LogP contribution in [0, 0.1) is 0 Å². The average Bonchev–Trinajstić information content (AvgIpc) is 3.15. The standard InChI is InChI=1S/C25H28N4O7S/c1-36-19-5-2-3-6-20(19)37(34,35)28-16-13-17(21-18(14-16)25(9-4-10-25)23(31)27-21)22(30)26-15-7-11-29(12-8-15)24(32)33/h2-3,5-6,13-15,28H,4,7-12H2,1H3,(H,26,30)(H,27,31)(H,32,33). The van der Waals surface area contributed by atoms with E-state index in [0.717, 1.165) is 6.42 Å². The maximum Gasteiger partial charge on any atom is 0.407 e. The Labute approximate surface area is 214 Å². The third-order valence-electron chi connectivity index (χ3n) is 7.49. The first-order chi connectivity index (χ1) is 17.6. The third-order valence-corrected chi connectivity index (χ3v) is 8.91. The van der Waals surface area contributed by atoms with E-state index in [1.807, 2.05) is 0 Å². The van der Waals surface area contributed by atoms with Gasteiger partial charge in [-0.15, -0.1) is 0 Å². The highest BCUT2D eigenvalue weighted by atomic mass is 32.2. The second-order valence-electron chi connectivity index (χ2n) is 9.61. The van der Waals surface area contributed by atoms with Crippen molar-refractivity contribution in [3.05, 3.63) is 47.5 Å². The molecule has 1 saturated carbocycles. The fourth-order valence-corrected chi connectivity index (χ4v) is 6.52. The summed E-state index contributed by atoms with van der Waals surface area (Å²) in [6, 6.07) is 9.01. The highest BCUT2D eigenvalue weighted by molar-refractivity contribution is 7.92. The molecule has 196 valence electrons. The Morgan fingerprint density at radius 2 is 1.86 bits per heavy atom. The highest BCUT2D eigenvalue weighted by Crippen LogP contribution is 2.53. The van der Waals surface area contributed by atoms with Crippen LogP contribution in [0.4, 0.5) is 16.2 Å². The van der Waals surface area contributed by atoms with Crippen LogP contribution in [0.3, 0.4) is 0 Å². The zero-order valence-corrected chi connectivity index (χ0v) is 21.1. The summed E-state index contributed by atoms with van der Waals surface area (Å²) in [4.78, 5) is 38.8. The number of amides is 3. The second kappa shape index (κ2) is 9.25. The fraction of sp³-hybridized carbons (Fsp3) is 0.400. The number of carbonyl (C=O) groups excluding carboxylic acids is 2. The summed E-state index contributed by atoms with van der Waals surface area (Å²) in [7, 11) is -2.69. The molecule has 3 aliphatic rings. The number of piperidine rings is 1. The van der Waals surface area contributed by atoms with Crippen LogP contribution < -0.4 is 20.1 Å². The van der Waals surface area contributed by atoms with Crippen molar-refractivity contribution in [2.45, 2.75) is 48.5 Å². The molecule has 4 N–H and O–H groups in total. The molecule has 1 aliphatic carbocycles. The summed E-state index contributed by atoms with van der Waals surface area (Å²) in [5.41, 5.74) is 0.551. The molecule has 2 aliphatic heterocycles. The molecule has 37 heavy (non-hydrogen) atoms. The number of ether oxygens (including phenoxy) is 1. The van der Waals surface area contributed by atoms with Crippen LogP contribution in [0.5, 0.6) is 5.75 Å². The molecule has 2 heterocycles. The first-order valence-corrected chi connectivity index (χ1v) is 13.6. The number of hydrogen-bond acceptors (Lipinski definition) is 6. The molecule has 0 bridgehead atoms. The van der Waals surface area contributed by atoms with Crippen LogP contribution in [-0.4, -0.2) is 62.6 Å². The Hall–Kier alpha value is -3.80. The van der Waals surface area contributed by atoms with E-state index >= 15 is 0 Å². The van der Waals surface area contributed by atoms with Crippen LogP contribution in [-0.2, 0) is 20.2 Å². The lowest BCUT2D eigenvalue weighted by Gasteiger charge is -2.36. The van der Waals surface area contributed by atoms with Gasteiger partial charge in [0, 0.05) is 19.1 Å². The van der Waals surface area contributed by atoms with Crippen LogP contribution in [0.2, 0.25) is 0 Å². The molecule has 0 unspecified atom stereocenters. The Bertz CT molecular complexity index is 1380. The molecule has 12 heteroatoms. The van der Waals surface area contributed by atoms with E-state index in [-0.39, 0.29) is 33.8 Å². The van der Waals surface area contributed by atoms with Gasteiger partial charge < -0.3 is 25.4 Å². The molecule has 2 aromatic rings. The van der Waals surface area contributed by atoms with Crippen molar-refractivity contribution in [3.63, 3.8) is 0 Å². The molecule has 2 aromatic carbocycles. The van der Waals surface area contributed by atoms with Crippen LogP contribution >= 0.6 is 0 Å². The molecular formula is C25H28N4O7S. The average molecular weight is 529 g/mol. The largest absolute Gasteiger partial charge is 0.495 e. The van der Waals surface area contributed by atoms with E-state index < -0.39 is 27.4 Å². The summed E-state index contributed by atoms with van der Waals surface area (Å²) < 4.78 is 34.3. The molecule has 0 radical (unpaired) electrons. The molecule has 2 fully saturated rings. The van der Waals surface area contributed by atoms with Crippen molar-refractivity contribution >= 4 is 39.3 Å². The van der Waals surface area contributed by atoms with E-state index in [1.165, 1.54) is 30.2 Å². The highest BCUT2D eigenvalue weighted by Gasteiger charge is 2.52. The van der Waals surface area contributed by atoms with Gasteiger partial charge in [0.2, 0.25) is 5.91 Å². The molecule has 0 aromatic heterocycles. The zero-order valence-electron chi connectivity index (χ0n) is 20.2. The number of hydrogen-bond donors (Lipinski definition) is 4. The van der Waals surface area contributed by atoms with Gasteiger partial charge in [-0.3, -0.25) is 14.3 Å². The van der Waals surface area contributed by atoms with Gasteiger partial charge in [0.1, 0.15) is 10.6 Å². The minimum atomic E-state index is -4.07. The normalized spacial score (nSPS) is 18.5. The molecule has 1 saturated heterocycles. The minimum absolute atomic E-state index is 0.0539. The van der Waals surface area contributed by atoms with E-state index in [0.29, 0.717) is 50.0 Å². The van der Waals surface area contributed by atoms with Gasteiger partial charge >= 0.3 is 6.09 Å². The molecular weight excluding hydrogens is 500 g/mol. The van der Waals surface area contributed by atoms with Gasteiger partial charge in [0.05, 0.1) is 29.5 Å². The zero-order chi connectivity index (χ0) is 26.4. The van der Waals surface area contributed by atoms with E-state index in [9.17, 15) is 22.8 Å². The number of nitrogens with zero attached hydrogens (tertiary/aromatic N) is 1. The Morgan fingerprint density at radius 3 is 2.49 bits per heavy atom. The van der Waals surface area contributed by atoms with Crippen molar-refractivity contribution in [1.29, 1.82) is 0 Å². The lowest BCUT2D eigenvalue weighted by atomic mass is 9.65. The molecule has 3 amide bonds. The number of carboxylic acid groups (broad SMARTS) is 1. The Morgan fingerprint density at radius 1 is 1.16 bits per heavy atom. The predicted octanol–water partition coefficient (Wildman–Crippen LogP) is 2.74. The maximum absolute atomic E-state index is 13.4. The van der Waals surface area contributed by atoms with E-state index in [1.54, 1.807) is 18.2 Å². The lowest BCUT2D eigenvalue weighted by molar-refractivity contribution is -0.123. The van der Waals surface area contributed by atoms with Gasteiger partial charge in [-0.05, 0) is 55.5 Å². The summed E-state index contributed by atoms with van der Waals surface area (Å²) in [5, 5.41) is 15.0. The Kier molecular flexibility index (Phi) is 6.22. The van der Waals surface area contributed by atoms with Gasteiger partial charge in [0.15, 0.2) is 0 Å². The quantitative estimate of drug-likeness (QED) is 0.449. The summed E-state index contributed by atoms with van der Waals surface area (Å²) >= 11 is 0. The van der Waals surface area contributed by atoms with E-state index in [2.05, 4.69) is 15.4 Å². The number of benzene rings is 2. The smallest absolute Gasteiger partial charge is 0.407 e. The van der Waals surface area contributed by atoms with Crippen molar-refractivity contribution in [1.82, 2.24) is 10.2 Å². The van der Waals surface area contributed by atoms with Crippen molar-refractivity contribution in [3.8, 4) is 5.75 Å². The summed E-state index contributed by atoms with van der Waals surface area (Å²) in [6.45, 7) is 0.605. The van der Waals surface area contributed by atoms with E-state index in [4.69, 9.17) is 9.84 Å². The first kappa shape index (κ1) is 24.9. The van der Waals surface area contributed by atoms with Crippen LogP contribution in [0.25, 0.3) is 0 Å². The molecule has 1 spiro atoms. The molecule has 11 nitrogen and oxygen atoms in total. The van der Waals surface area contributed by atoms with Gasteiger partial charge in [-0.1, -0.05) is 18.6 Å². The van der Waals surface area contributed by atoms with Crippen molar-refractivity contribution < 1.29 is 32.6 Å². The SMILES string of the molecule is COc1ccccc1S(=O)(=O)Nc1cc(C(=O)NC2CCN(C(=O)O)CC2)c2c(c1)C1(CCC1)C(=O)N2. The number of fused-ring (bicyclic) bond motifs is 2. The molecule has 0 atom stereocenters. The number of anilines is 2. The van der Waals surface area contributed by atoms with Crippen molar-refractivity contribution in [2.75, 3.05) is 30.2 Å². The molecule has 5 rings (SSSR count). The lowest BCUT2D eigenvalue weighted by Crippen LogP contribution is -2.46. The summed E-state index contributed by atoms with van der Waals surface area (Å²) in [6.07, 6.45) is 2.00. The van der Waals surface area contributed by atoms with Gasteiger partial charge in [-0.25, -0.2) is 13.2 Å². The van der Waals surface area contributed by atoms with Gasteiger partial charge in [0.25, 0.3) is 15.9 Å². The first-order valence-electron chi connectivity index (χ1n) is 12.1.